The lowest BCUT2D eigenvalue weighted by atomic mass is 9.93. The second kappa shape index (κ2) is 6.34. The van der Waals surface area contributed by atoms with Crippen LogP contribution in [0.5, 0.6) is 0 Å². The lowest BCUT2D eigenvalue weighted by Gasteiger charge is -2.34. The van der Waals surface area contributed by atoms with Crippen LogP contribution in [-0.2, 0) is 21.8 Å². The van der Waals surface area contributed by atoms with Crippen molar-refractivity contribution in [1.29, 1.82) is 0 Å². The average molecular weight is 333 g/mol. The van der Waals surface area contributed by atoms with Gasteiger partial charge in [0, 0.05) is 29.1 Å². The Bertz CT molecular complexity index is 563. The van der Waals surface area contributed by atoms with Crippen molar-refractivity contribution in [2.75, 3.05) is 18.6 Å². The molecular weight excluding hydrogens is 304 g/mol. The summed E-state index contributed by atoms with van der Waals surface area (Å²) in [5.74, 6) is 0.182. The fourth-order valence-electron chi connectivity index (χ4n) is 1.82. The molecule has 4 nitrogen and oxygen atoms in total. The van der Waals surface area contributed by atoms with Crippen molar-refractivity contribution in [2.45, 2.75) is 59.0 Å². The van der Waals surface area contributed by atoms with Gasteiger partial charge in [0.15, 0.2) is 0 Å². The highest BCUT2D eigenvalue weighted by Crippen LogP contribution is 2.26. The van der Waals surface area contributed by atoms with E-state index in [1.54, 1.807) is 11.3 Å². The van der Waals surface area contributed by atoms with E-state index in [-0.39, 0.29) is 16.7 Å². The minimum atomic E-state index is -2.95. The zero-order valence-corrected chi connectivity index (χ0v) is 15.9. The maximum Gasteiger partial charge on any atom is 0.148 e. The number of nitrogens with zero attached hydrogens (tertiary/aromatic N) is 2. The molecule has 0 amide bonds. The third-order valence-corrected chi connectivity index (χ3v) is 5.08. The van der Waals surface area contributed by atoms with Gasteiger partial charge in [-0.1, -0.05) is 20.8 Å². The molecule has 0 aliphatic carbocycles. The van der Waals surface area contributed by atoms with E-state index in [0.717, 1.165) is 10.7 Å². The molecule has 21 heavy (non-hydrogen) atoms. The van der Waals surface area contributed by atoms with Crippen molar-refractivity contribution in [1.82, 2.24) is 9.88 Å². The molecule has 1 aromatic rings. The molecule has 1 aromatic heterocycles. The van der Waals surface area contributed by atoms with Gasteiger partial charge in [-0.25, -0.2) is 13.4 Å². The average Bonchev–Trinajstić information content (AvgIpc) is 2.68. The first-order valence-corrected chi connectivity index (χ1v) is 10.1. The molecule has 1 rings (SSSR count). The third kappa shape index (κ3) is 6.45. The largest absolute Gasteiger partial charge is 0.291 e. The Balaban J connectivity index is 2.85. The van der Waals surface area contributed by atoms with Gasteiger partial charge in [-0.05, 0) is 20.8 Å². The first-order valence-electron chi connectivity index (χ1n) is 7.17. The van der Waals surface area contributed by atoms with Crippen LogP contribution in [0.15, 0.2) is 5.38 Å². The summed E-state index contributed by atoms with van der Waals surface area (Å²) >= 11 is 1.65. The minimum absolute atomic E-state index is 0.0497. The fourth-order valence-corrected chi connectivity index (χ4v) is 3.41. The molecule has 0 radical (unpaired) electrons. The first-order chi connectivity index (χ1) is 9.29. The molecule has 1 heterocycles. The van der Waals surface area contributed by atoms with Crippen molar-refractivity contribution in [3.63, 3.8) is 0 Å². The van der Waals surface area contributed by atoms with Crippen LogP contribution in [-0.4, -0.2) is 42.4 Å². The van der Waals surface area contributed by atoms with Gasteiger partial charge in [0.2, 0.25) is 0 Å². The summed E-state index contributed by atoms with van der Waals surface area (Å²) in [7, 11) is -2.95. The predicted octanol–water partition coefficient (Wildman–Crippen LogP) is 3.09. The monoisotopic (exact) mass is 332 g/mol. The van der Waals surface area contributed by atoms with Crippen LogP contribution in [0.2, 0.25) is 0 Å². The zero-order valence-electron chi connectivity index (χ0n) is 14.2. The van der Waals surface area contributed by atoms with Crippen molar-refractivity contribution in [3.8, 4) is 0 Å². The Morgan fingerprint density at radius 3 is 2.14 bits per heavy atom. The second-order valence-corrected chi connectivity index (χ2v) is 10.8. The lowest BCUT2D eigenvalue weighted by molar-refractivity contribution is 0.137. The molecule has 0 aromatic carbocycles. The van der Waals surface area contributed by atoms with Gasteiger partial charge in [0.05, 0.1) is 18.0 Å². The highest BCUT2D eigenvalue weighted by Gasteiger charge is 2.24. The normalized spacial score (nSPS) is 13.9. The number of thiazole rings is 1. The molecule has 0 aliphatic heterocycles. The van der Waals surface area contributed by atoms with Crippen LogP contribution >= 0.6 is 11.3 Å². The topological polar surface area (TPSA) is 50.3 Å². The SMILES string of the molecule is CC(C)(C)c1csc(CN(CCS(C)(=O)=O)C(C)(C)C)n1. The molecule has 0 unspecified atom stereocenters. The number of hydrogen-bond donors (Lipinski definition) is 0. The van der Waals surface area contributed by atoms with E-state index in [0.29, 0.717) is 13.1 Å². The molecule has 0 saturated heterocycles. The number of sulfone groups is 1. The molecule has 0 bridgehead atoms. The van der Waals surface area contributed by atoms with E-state index in [2.05, 4.69) is 51.8 Å². The van der Waals surface area contributed by atoms with Crippen LogP contribution in [0.1, 0.15) is 52.2 Å². The molecule has 122 valence electrons. The summed E-state index contributed by atoms with van der Waals surface area (Å²) in [6, 6.07) is 0. The van der Waals surface area contributed by atoms with Crippen molar-refractivity contribution < 1.29 is 8.42 Å². The van der Waals surface area contributed by atoms with Crippen LogP contribution in [0.4, 0.5) is 0 Å². The summed E-state index contributed by atoms with van der Waals surface area (Å²) in [5, 5.41) is 3.15. The molecule has 0 spiro atoms. The lowest BCUT2D eigenvalue weighted by Crippen LogP contribution is -2.43. The van der Waals surface area contributed by atoms with E-state index < -0.39 is 9.84 Å². The maximum absolute atomic E-state index is 11.4. The van der Waals surface area contributed by atoms with Crippen LogP contribution < -0.4 is 0 Å². The second-order valence-electron chi connectivity index (χ2n) is 7.60. The molecule has 0 N–H and O–H groups in total. The van der Waals surface area contributed by atoms with Crippen molar-refractivity contribution >= 4 is 21.2 Å². The van der Waals surface area contributed by atoms with Crippen LogP contribution in [0, 0.1) is 0 Å². The summed E-state index contributed by atoms with van der Waals surface area (Å²) < 4.78 is 22.8. The molecule has 0 atom stereocenters. The Morgan fingerprint density at radius 2 is 1.76 bits per heavy atom. The van der Waals surface area contributed by atoms with Gasteiger partial charge in [-0.2, -0.15) is 0 Å². The Hall–Kier alpha value is -0.460. The predicted molar refractivity (Wildman–Crippen MR) is 90.7 cm³/mol. The first kappa shape index (κ1) is 18.6. The van der Waals surface area contributed by atoms with E-state index in [4.69, 9.17) is 4.98 Å². The maximum atomic E-state index is 11.4. The Labute approximate surface area is 133 Å². The fraction of sp³-hybridized carbons (Fsp3) is 0.800. The van der Waals surface area contributed by atoms with E-state index in [1.165, 1.54) is 6.26 Å². The van der Waals surface area contributed by atoms with Crippen LogP contribution in [0.3, 0.4) is 0 Å². The summed E-state index contributed by atoms with van der Waals surface area (Å²) in [6.07, 6.45) is 1.29. The standard InChI is InChI=1S/C15H28N2O2S2/c1-14(2,3)12-11-20-13(16-12)10-17(15(4,5)6)8-9-21(7,18)19/h11H,8-10H2,1-7H3. The summed E-state index contributed by atoms with van der Waals surface area (Å²) in [6.45, 7) is 14.0. The number of hydrogen-bond acceptors (Lipinski definition) is 5. The zero-order chi connectivity index (χ0) is 16.5. The van der Waals surface area contributed by atoms with Crippen LogP contribution in [0.25, 0.3) is 0 Å². The third-order valence-electron chi connectivity index (χ3n) is 3.33. The molecule has 0 fully saturated rings. The number of rotatable bonds is 5. The van der Waals surface area contributed by atoms with Gasteiger partial charge in [0.1, 0.15) is 14.8 Å². The summed E-state index contributed by atoms with van der Waals surface area (Å²) in [5.41, 5.74) is 1.06. The van der Waals surface area contributed by atoms with E-state index in [9.17, 15) is 8.42 Å². The Morgan fingerprint density at radius 1 is 1.19 bits per heavy atom. The van der Waals surface area contributed by atoms with Crippen molar-refractivity contribution in [2.24, 2.45) is 0 Å². The van der Waals surface area contributed by atoms with Gasteiger partial charge >= 0.3 is 0 Å². The summed E-state index contributed by atoms with van der Waals surface area (Å²) in [4.78, 5) is 6.89. The smallest absolute Gasteiger partial charge is 0.148 e. The minimum Gasteiger partial charge on any atom is -0.291 e. The van der Waals surface area contributed by atoms with Gasteiger partial charge in [-0.15, -0.1) is 11.3 Å². The Kier molecular flexibility index (Phi) is 5.61. The highest BCUT2D eigenvalue weighted by molar-refractivity contribution is 7.90. The molecule has 0 saturated carbocycles. The van der Waals surface area contributed by atoms with Crippen molar-refractivity contribution in [3.05, 3.63) is 16.1 Å². The van der Waals surface area contributed by atoms with Gasteiger partial charge in [0.25, 0.3) is 0 Å². The molecule has 0 aliphatic rings. The number of aromatic nitrogens is 1. The molecular formula is C15H28N2O2S2. The van der Waals surface area contributed by atoms with E-state index >= 15 is 0 Å². The van der Waals surface area contributed by atoms with Gasteiger partial charge in [-0.3, -0.25) is 4.90 Å². The molecule has 6 heteroatoms. The highest BCUT2D eigenvalue weighted by atomic mass is 32.2. The van der Waals surface area contributed by atoms with E-state index in [1.807, 2.05) is 0 Å². The quantitative estimate of drug-likeness (QED) is 0.831. The van der Waals surface area contributed by atoms with Gasteiger partial charge < -0.3 is 0 Å².